The predicted octanol–water partition coefficient (Wildman–Crippen LogP) is 5.90. The van der Waals surface area contributed by atoms with E-state index in [0.29, 0.717) is 24.5 Å². The minimum absolute atomic E-state index is 0.00291. The number of aryl methyl sites for hydroxylation is 1. The van der Waals surface area contributed by atoms with Crippen LogP contribution in [-0.4, -0.2) is 47.7 Å². The summed E-state index contributed by atoms with van der Waals surface area (Å²) in [6, 6.07) is 6.89. The molecule has 0 saturated heterocycles. The quantitative estimate of drug-likeness (QED) is 0.313. The van der Waals surface area contributed by atoms with Crippen molar-refractivity contribution in [1.29, 1.82) is 0 Å². The first-order valence-corrected chi connectivity index (χ1v) is 13.5. The molecular formula is C31H42F2N2O6. The molecule has 10 heteroatoms. The third kappa shape index (κ3) is 10.2. The summed E-state index contributed by atoms with van der Waals surface area (Å²) in [6.45, 7) is 16.0. The minimum atomic E-state index is -1.29. The smallest absolute Gasteiger partial charge is 0.322 e. The van der Waals surface area contributed by atoms with Gasteiger partial charge in [-0.05, 0) is 48.2 Å². The van der Waals surface area contributed by atoms with Gasteiger partial charge in [0.25, 0.3) is 5.91 Å². The van der Waals surface area contributed by atoms with E-state index >= 15 is 0 Å². The van der Waals surface area contributed by atoms with Crippen LogP contribution in [0.15, 0.2) is 36.0 Å². The number of carboxylic acids is 1. The molecule has 0 radical (unpaired) electrons. The zero-order chi connectivity index (χ0) is 31.9. The maximum atomic E-state index is 13.0. The Balaban J connectivity index is 0.000000735. The number of aldehydes is 1. The topological polar surface area (TPSA) is 113 Å². The lowest BCUT2D eigenvalue weighted by atomic mass is 9.93. The monoisotopic (exact) mass is 576 g/mol. The second-order valence-electron chi connectivity index (χ2n) is 8.72. The fourth-order valence-electron chi connectivity index (χ4n) is 3.72. The SMILES string of the molecule is C/C(=C(/C=O)c1ccc(C)c2c1COC2)N(C)C(=O)C(C)C.CC.CC.O=C(O)CNC(=O)c1c(F)cccc1F. The van der Waals surface area contributed by atoms with Crippen molar-refractivity contribution in [3.8, 4) is 0 Å². The Kier molecular flexibility index (Phi) is 16.7. The molecule has 2 amide bonds. The summed E-state index contributed by atoms with van der Waals surface area (Å²) in [5, 5.41) is 10.1. The van der Waals surface area contributed by atoms with Crippen LogP contribution in [-0.2, 0) is 32.3 Å². The summed E-state index contributed by atoms with van der Waals surface area (Å²) in [5.41, 5.74) is 4.71. The third-order valence-corrected chi connectivity index (χ3v) is 5.87. The summed E-state index contributed by atoms with van der Waals surface area (Å²) in [5.74, 6) is -4.55. The van der Waals surface area contributed by atoms with E-state index in [2.05, 4.69) is 0 Å². The highest BCUT2D eigenvalue weighted by Gasteiger charge is 2.23. The fraction of sp³-hybridized carbons (Fsp3) is 0.419. The van der Waals surface area contributed by atoms with Gasteiger partial charge in [0.1, 0.15) is 23.7 Å². The first kappa shape index (κ1) is 37.1. The van der Waals surface area contributed by atoms with Crippen LogP contribution in [0.1, 0.15) is 81.1 Å². The molecule has 226 valence electrons. The Morgan fingerprint density at radius 3 is 2.05 bits per heavy atom. The Morgan fingerprint density at radius 2 is 1.56 bits per heavy atom. The fourth-order valence-corrected chi connectivity index (χ4v) is 3.72. The third-order valence-electron chi connectivity index (χ3n) is 5.87. The van der Waals surface area contributed by atoms with E-state index in [9.17, 15) is 28.0 Å². The molecule has 0 spiro atoms. The lowest BCUT2D eigenvalue weighted by molar-refractivity contribution is -0.136. The highest BCUT2D eigenvalue weighted by molar-refractivity contribution is 6.09. The molecular weight excluding hydrogens is 534 g/mol. The molecule has 0 aromatic heterocycles. The number of hydrogen-bond donors (Lipinski definition) is 2. The molecule has 2 N–H and O–H groups in total. The van der Waals surface area contributed by atoms with Crippen LogP contribution in [0.3, 0.4) is 0 Å². The Bertz CT molecular complexity index is 1220. The summed E-state index contributed by atoms with van der Waals surface area (Å²) in [7, 11) is 1.71. The maximum Gasteiger partial charge on any atom is 0.322 e. The van der Waals surface area contributed by atoms with Crippen molar-refractivity contribution < 1.29 is 37.8 Å². The lowest BCUT2D eigenvalue weighted by Crippen LogP contribution is -2.30. The summed E-state index contributed by atoms with van der Waals surface area (Å²) in [6.07, 6.45) is 0.836. The van der Waals surface area contributed by atoms with Gasteiger partial charge >= 0.3 is 5.97 Å². The van der Waals surface area contributed by atoms with Crippen LogP contribution in [0.4, 0.5) is 8.78 Å². The van der Waals surface area contributed by atoms with Crippen molar-refractivity contribution in [3.63, 3.8) is 0 Å². The normalized spacial score (nSPS) is 11.7. The molecule has 0 aliphatic carbocycles. The maximum absolute atomic E-state index is 13.0. The molecule has 2 aromatic carbocycles. The number of carboxylic acid groups (broad SMARTS) is 1. The van der Waals surface area contributed by atoms with E-state index in [0.717, 1.165) is 41.2 Å². The molecule has 1 heterocycles. The number of fused-ring (bicyclic) bond motifs is 1. The van der Waals surface area contributed by atoms with Crippen molar-refractivity contribution >= 4 is 29.6 Å². The number of rotatable bonds is 7. The summed E-state index contributed by atoms with van der Waals surface area (Å²) < 4.78 is 31.5. The van der Waals surface area contributed by atoms with Gasteiger partial charge in [0, 0.05) is 24.2 Å². The molecule has 0 saturated carbocycles. The molecule has 2 aromatic rings. The minimum Gasteiger partial charge on any atom is -0.480 e. The molecule has 0 atom stereocenters. The zero-order valence-corrected chi connectivity index (χ0v) is 25.4. The van der Waals surface area contributed by atoms with Crippen molar-refractivity contribution in [2.24, 2.45) is 5.92 Å². The molecule has 1 aliphatic rings. The van der Waals surface area contributed by atoms with Gasteiger partial charge in [-0.15, -0.1) is 0 Å². The molecule has 8 nitrogen and oxygen atoms in total. The zero-order valence-electron chi connectivity index (χ0n) is 25.4. The number of allylic oxidation sites excluding steroid dienone is 2. The first-order valence-electron chi connectivity index (χ1n) is 13.5. The average Bonchev–Trinajstić information content (AvgIpc) is 3.46. The van der Waals surface area contributed by atoms with Crippen LogP contribution in [0.2, 0.25) is 0 Å². The van der Waals surface area contributed by atoms with Crippen molar-refractivity contribution in [1.82, 2.24) is 10.2 Å². The number of carbonyl (C=O) groups is 4. The number of halogens is 2. The Labute approximate surface area is 241 Å². The van der Waals surface area contributed by atoms with Gasteiger partial charge in [-0.3, -0.25) is 19.2 Å². The number of aliphatic carboxylic acids is 1. The summed E-state index contributed by atoms with van der Waals surface area (Å²) in [4.78, 5) is 46.7. The van der Waals surface area contributed by atoms with Crippen LogP contribution in [0.25, 0.3) is 5.57 Å². The van der Waals surface area contributed by atoms with Crippen LogP contribution in [0, 0.1) is 24.5 Å². The number of nitrogens with zero attached hydrogens (tertiary/aromatic N) is 1. The molecule has 41 heavy (non-hydrogen) atoms. The van der Waals surface area contributed by atoms with E-state index in [1.54, 1.807) is 11.9 Å². The van der Waals surface area contributed by atoms with Gasteiger partial charge in [0.05, 0.1) is 13.2 Å². The van der Waals surface area contributed by atoms with Gasteiger partial charge in [0.2, 0.25) is 5.91 Å². The van der Waals surface area contributed by atoms with E-state index in [1.165, 1.54) is 5.56 Å². The van der Waals surface area contributed by atoms with Crippen molar-refractivity contribution in [3.05, 3.63) is 75.5 Å². The highest BCUT2D eigenvalue weighted by atomic mass is 19.1. The molecule has 1 aliphatic heterocycles. The summed E-state index contributed by atoms with van der Waals surface area (Å²) >= 11 is 0. The number of benzene rings is 2. The first-order chi connectivity index (χ1) is 19.4. The van der Waals surface area contributed by atoms with Crippen LogP contribution < -0.4 is 5.32 Å². The average molecular weight is 577 g/mol. The van der Waals surface area contributed by atoms with E-state index in [1.807, 2.05) is 72.8 Å². The van der Waals surface area contributed by atoms with E-state index < -0.39 is 35.6 Å². The number of ether oxygens (including phenoxy) is 1. The number of hydrogen-bond acceptors (Lipinski definition) is 5. The molecule has 3 rings (SSSR count). The highest BCUT2D eigenvalue weighted by Crippen LogP contribution is 2.32. The predicted molar refractivity (Wildman–Crippen MR) is 155 cm³/mol. The second-order valence-corrected chi connectivity index (χ2v) is 8.72. The standard InChI is InChI=1S/C18H23NO3.C9H7F2NO3.2C2H6/c1-11(2)18(21)19(5)13(4)15(8-20)14-7-6-12(3)16-9-22-10-17(14)16;10-5-2-1-3-6(11)8(5)9(15)12-4-7(13)14;2*1-2/h6-8,11H,9-10H2,1-5H3;1-3H,4H2,(H,12,15)(H,13,14);2*1-2H3/b15-13+;;;. The second kappa shape index (κ2) is 18.4. The van der Waals surface area contributed by atoms with Crippen LogP contribution >= 0.6 is 0 Å². The molecule has 0 unspecified atom stereocenters. The van der Waals surface area contributed by atoms with Gasteiger partial charge in [-0.2, -0.15) is 0 Å². The number of nitrogens with one attached hydrogen (secondary N) is 1. The largest absolute Gasteiger partial charge is 0.480 e. The van der Waals surface area contributed by atoms with E-state index in [-0.39, 0.29) is 11.8 Å². The van der Waals surface area contributed by atoms with Crippen LogP contribution in [0.5, 0.6) is 0 Å². The van der Waals surface area contributed by atoms with Crippen molar-refractivity contribution in [2.45, 2.75) is 68.6 Å². The van der Waals surface area contributed by atoms with Gasteiger partial charge in [0.15, 0.2) is 6.29 Å². The van der Waals surface area contributed by atoms with Gasteiger partial charge in [-0.1, -0.05) is 59.7 Å². The number of amides is 2. The van der Waals surface area contributed by atoms with Gasteiger partial charge in [-0.25, -0.2) is 8.78 Å². The molecule has 0 fully saturated rings. The lowest BCUT2D eigenvalue weighted by Gasteiger charge is -2.22. The molecule has 0 bridgehead atoms. The van der Waals surface area contributed by atoms with E-state index in [4.69, 9.17) is 9.84 Å². The van der Waals surface area contributed by atoms with Gasteiger partial charge < -0.3 is 20.1 Å². The van der Waals surface area contributed by atoms with Crippen molar-refractivity contribution in [2.75, 3.05) is 13.6 Å². The Hall–Kier alpha value is -3.92. The Morgan fingerprint density at radius 1 is 1.02 bits per heavy atom. The number of carbonyl (C=O) groups excluding carboxylic acids is 3.